The highest BCUT2D eigenvalue weighted by molar-refractivity contribution is 6.09. The summed E-state index contributed by atoms with van der Waals surface area (Å²) in [5.41, 5.74) is 16.1. The van der Waals surface area contributed by atoms with Crippen molar-refractivity contribution < 1.29 is 0 Å². The summed E-state index contributed by atoms with van der Waals surface area (Å²) in [6.45, 7) is 0. The zero-order valence-corrected chi connectivity index (χ0v) is 33.0. The van der Waals surface area contributed by atoms with Gasteiger partial charge in [-0.15, -0.1) is 0 Å². The SMILES string of the molecule is c1ccc(-c2cc(-c3ccccc3N(c3ccc(-c4ccc5ccccc5c4)cc3)c3ccccc3-c3ccccc3)cc(-n3c4ccccc4c4ccccc43)c2)cc1. The molecule has 2 nitrogen and oxygen atoms in total. The molecule has 2 heteroatoms. The Kier molecular flexibility index (Phi) is 8.87. The van der Waals surface area contributed by atoms with Crippen LogP contribution in [0.3, 0.4) is 0 Å². The number of benzene rings is 10. The minimum absolute atomic E-state index is 1.08. The van der Waals surface area contributed by atoms with Crippen LogP contribution in [0, 0.1) is 0 Å². The largest absolute Gasteiger partial charge is 0.309 e. The van der Waals surface area contributed by atoms with Gasteiger partial charge in [0.2, 0.25) is 0 Å². The molecule has 0 aliphatic heterocycles. The Bertz CT molecular complexity index is 3250. The van der Waals surface area contributed by atoms with Gasteiger partial charge in [-0.3, -0.25) is 0 Å². The average Bonchev–Trinajstić information content (AvgIpc) is 3.67. The third kappa shape index (κ3) is 6.32. The lowest BCUT2D eigenvalue weighted by atomic mass is 9.95. The molecule has 0 saturated carbocycles. The zero-order valence-electron chi connectivity index (χ0n) is 33.0. The predicted molar refractivity (Wildman–Crippen MR) is 255 cm³/mol. The highest BCUT2D eigenvalue weighted by Crippen LogP contribution is 2.46. The van der Waals surface area contributed by atoms with E-state index in [2.05, 4.69) is 252 Å². The van der Waals surface area contributed by atoms with Crippen molar-refractivity contribution in [2.45, 2.75) is 0 Å². The van der Waals surface area contributed by atoms with E-state index in [4.69, 9.17) is 0 Å². The highest BCUT2D eigenvalue weighted by atomic mass is 15.1. The molecule has 11 rings (SSSR count). The minimum Gasteiger partial charge on any atom is -0.309 e. The monoisotopic (exact) mass is 764 g/mol. The Labute approximate surface area is 350 Å². The van der Waals surface area contributed by atoms with Crippen LogP contribution < -0.4 is 4.90 Å². The lowest BCUT2D eigenvalue weighted by Crippen LogP contribution is -2.12. The number of nitrogens with zero attached hydrogens (tertiary/aromatic N) is 2. The molecule has 1 heterocycles. The second-order valence-electron chi connectivity index (χ2n) is 15.3. The number of anilines is 3. The van der Waals surface area contributed by atoms with Gasteiger partial charge in [0.25, 0.3) is 0 Å². The number of para-hydroxylation sites is 4. The van der Waals surface area contributed by atoms with Crippen molar-refractivity contribution in [2.24, 2.45) is 0 Å². The molecule has 11 aromatic rings. The first kappa shape index (κ1) is 35.2. The summed E-state index contributed by atoms with van der Waals surface area (Å²) in [6, 6.07) is 88.0. The van der Waals surface area contributed by atoms with Crippen molar-refractivity contribution in [3.8, 4) is 50.2 Å². The Hall–Kier alpha value is -7.94. The van der Waals surface area contributed by atoms with Gasteiger partial charge in [0.05, 0.1) is 22.4 Å². The van der Waals surface area contributed by atoms with E-state index in [1.54, 1.807) is 0 Å². The highest BCUT2D eigenvalue weighted by Gasteiger charge is 2.22. The summed E-state index contributed by atoms with van der Waals surface area (Å²) in [7, 11) is 0. The number of hydrogen-bond acceptors (Lipinski definition) is 1. The molecule has 0 spiro atoms. The fourth-order valence-corrected chi connectivity index (χ4v) is 8.92. The topological polar surface area (TPSA) is 8.17 Å². The molecule has 0 amide bonds. The van der Waals surface area contributed by atoms with Gasteiger partial charge in [-0.2, -0.15) is 0 Å². The maximum Gasteiger partial charge on any atom is 0.0541 e. The van der Waals surface area contributed by atoms with Crippen molar-refractivity contribution in [2.75, 3.05) is 4.90 Å². The molecular weight excluding hydrogens is 725 g/mol. The van der Waals surface area contributed by atoms with Gasteiger partial charge in [0.1, 0.15) is 0 Å². The maximum absolute atomic E-state index is 2.44. The van der Waals surface area contributed by atoms with Crippen LogP contribution in [0.4, 0.5) is 17.1 Å². The van der Waals surface area contributed by atoms with Crippen molar-refractivity contribution in [3.05, 3.63) is 243 Å². The standard InChI is InChI=1S/C58H40N2/c1-3-17-41(18-4-1)47-38-48(40-50(39-47)60-57-29-15-11-25-53(57)54-26-12-16-30-58(54)60)52-24-10-14-28-56(52)59(55-27-13-9-23-51(55)44-20-5-2-6-21-44)49-35-33-43(34-36-49)46-32-31-42-19-7-8-22-45(42)37-46/h1-40H. The molecule has 0 fully saturated rings. The van der Waals surface area contributed by atoms with Gasteiger partial charge in [-0.05, 0) is 105 Å². The van der Waals surface area contributed by atoms with E-state index >= 15 is 0 Å². The molecule has 0 N–H and O–H groups in total. The zero-order chi connectivity index (χ0) is 39.8. The summed E-state index contributed by atoms with van der Waals surface area (Å²) >= 11 is 0. The van der Waals surface area contributed by atoms with Gasteiger partial charge in [-0.1, -0.05) is 182 Å². The van der Waals surface area contributed by atoms with E-state index in [1.807, 2.05) is 0 Å². The number of aromatic nitrogens is 1. The van der Waals surface area contributed by atoms with Gasteiger partial charge in [-0.25, -0.2) is 0 Å². The average molecular weight is 765 g/mol. The summed E-state index contributed by atoms with van der Waals surface area (Å²) in [5, 5.41) is 4.98. The van der Waals surface area contributed by atoms with Crippen LogP contribution in [0.2, 0.25) is 0 Å². The molecule has 282 valence electrons. The molecule has 0 atom stereocenters. The number of fused-ring (bicyclic) bond motifs is 4. The molecule has 0 aliphatic carbocycles. The molecule has 60 heavy (non-hydrogen) atoms. The fourth-order valence-electron chi connectivity index (χ4n) is 8.92. The molecule has 1 aromatic heterocycles. The summed E-state index contributed by atoms with van der Waals surface area (Å²) in [4.78, 5) is 2.44. The van der Waals surface area contributed by atoms with Gasteiger partial charge < -0.3 is 9.47 Å². The third-order valence-electron chi connectivity index (χ3n) is 11.8. The summed E-state index contributed by atoms with van der Waals surface area (Å²) in [5.74, 6) is 0. The summed E-state index contributed by atoms with van der Waals surface area (Å²) < 4.78 is 2.43. The van der Waals surface area contributed by atoms with Crippen LogP contribution in [0.15, 0.2) is 243 Å². The Morgan fingerprint density at radius 2 is 0.767 bits per heavy atom. The number of hydrogen-bond donors (Lipinski definition) is 0. The normalized spacial score (nSPS) is 11.3. The van der Waals surface area contributed by atoms with Crippen molar-refractivity contribution in [1.29, 1.82) is 0 Å². The van der Waals surface area contributed by atoms with Gasteiger partial charge in [0, 0.05) is 33.3 Å². The lowest BCUT2D eigenvalue weighted by Gasteiger charge is -2.30. The first-order valence-electron chi connectivity index (χ1n) is 20.6. The molecule has 0 radical (unpaired) electrons. The molecule has 0 aliphatic rings. The first-order chi connectivity index (χ1) is 29.8. The second-order valence-corrected chi connectivity index (χ2v) is 15.3. The minimum atomic E-state index is 1.08. The van der Waals surface area contributed by atoms with Gasteiger partial charge >= 0.3 is 0 Å². The third-order valence-corrected chi connectivity index (χ3v) is 11.8. The smallest absolute Gasteiger partial charge is 0.0541 e. The Balaban J connectivity index is 1.13. The Morgan fingerprint density at radius 3 is 1.43 bits per heavy atom. The second kappa shape index (κ2) is 15.1. The van der Waals surface area contributed by atoms with Crippen LogP contribution in [-0.2, 0) is 0 Å². The van der Waals surface area contributed by atoms with Crippen LogP contribution in [0.25, 0.3) is 82.8 Å². The number of rotatable bonds is 8. The van der Waals surface area contributed by atoms with Crippen LogP contribution in [0.5, 0.6) is 0 Å². The summed E-state index contributed by atoms with van der Waals surface area (Å²) in [6.07, 6.45) is 0. The first-order valence-corrected chi connectivity index (χ1v) is 20.6. The van der Waals surface area contributed by atoms with Crippen LogP contribution in [0.1, 0.15) is 0 Å². The quantitative estimate of drug-likeness (QED) is 0.150. The Morgan fingerprint density at radius 1 is 0.283 bits per heavy atom. The molecule has 0 bridgehead atoms. The van der Waals surface area contributed by atoms with E-state index in [0.29, 0.717) is 0 Å². The van der Waals surface area contributed by atoms with Gasteiger partial charge in [0.15, 0.2) is 0 Å². The predicted octanol–water partition coefficient (Wildman–Crippen LogP) is 16.1. The van der Waals surface area contributed by atoms with Crippen molar-refractivity contribution >= 4 is 49.6 Å². The van der Waals surface area contributed by atoms with E-state index < -0.39 is 0 Å². The van der Waals surface area contributed by atoms with E-state index in [0.717, 1.165) is 45.0 Å². The fraction of sp³-hybridized carbons (Fsp3) is 0. The van der Waals surface area contributed by atoms with E-state index in [9.17, 15) is 0 Å². The van der Waals surface area contributed by atoms with Crippen LogP contribution >= 0.6 is 0 Å². The molecule has 0 unspecified atom stereocenters. The molecule has 0 saturated heterocycles. The maximum atomic E-state index is 2.44. The van der Waals surface area contributed by atoms with E-state index in [-0.39, 0.29) is 0 Å². The van der Waals surface area contributed by atoms with Crippen LogP contribution in [-0.4, -0.2) is 4.57 Å². The molecular formula is C58H40N2. The van der Waals surface area contributed by atoms with Crippen molar-refractivity contribution in [3.63, 3.8) is 0 Å². The lowest BCUT2D eigenvalue weighted by molar-refractivity contribution is 1.18. The van der Waals surface area contributed by atoms with Crippen molar-refractivity contribution in [1.82, 2.24) is 4.57 Å². The van der Waals surface area contributed by atoms with E-state index in [1.165, 1.54) is 54.8 Å². The molecule has 10 aromatic carbocycles.